The Morgan fingerprint density at radius 1 is 0.875 bits per heavy atom. The first kappa shape index (κ1) is 19.9. The van der Waals surface area contributed by atoms with Gasteiger partial charge in [0.2, 0.25) is 0 Å². The highest BCUT2D eigenvalue weighted by atomic mass is 32.1. The minimum absolute atomic E-state index is 0.279. The Morgan fingerprint density at radius 2 is 1.53 bits per heavy atom. The van der Waals surface area contributed by atoms with E-state index in [1.54, 1.807) is 12.1 Å². The SMILES string of the molecule is Nc1c(C(=O)Nc2ccccc2)sc2nc(-c3ccc(F)cc3)cc(-c3ccccc3)c12. The molecule has 0 bridgehead atoms. The van der Waals surface area contributed by atoms with Crippen molar-refractivity contribution in [3.05, 3.63) is 102 Å². The molecule has 0 aliphatic heterocycles. The molecule has 4 nitrogen and oxygen atoms in total. The van der Waals surface area contributed by atoms with Gasteiger partial charge in [0, 0.05) is 16.6 Å². The van der Waals surface area contributed by atoms with E-state index >= 15 is 0 Å². The Morgan fingerprint density at radius 3 is 2.22 bits per heavy atom. The van der Waals surface area contributed by atoms with E-state index in [0.717, 1.165) is 22.1 Å². The highest BCUT2D eigenvalue weighted by Crippen LogP contribution is 2.41. The number of halogens is 1. The van der Waals surface area contributed by atoms with Gasteiger partial charge in [0.15, 0.2) is 0 Å². The van der Waals surface area contributed by atoms with Gasteiger partial charge in [0.25, 0.3) is 5.91 Å². The normalized spacial score (nSPS) is 10.9. The second-order valence-electron chi connectivity index (χ2n) is 7.27. The molecule has 0 spiro atoms. The second-order valence-corrected chi connectivity index (χ2v) is 8.27. The quantitative estimate of drug-likeness (QED) is 0.331. The highest BCUT2D eigenvalue weighted by molar-refractivity contribution is 7.21. The lowest BCUT2D eigenvalue weighted by molar-refractivity contribution is 0.103. The van der Waals surface area contributed by atoms with E-state index in [1.165, 1.54) is 23.5 Å². The number of amides is 1. The van der Waals surface area contributed by atoms with E-state index in [-0.39, 0.29) is 11.7 Å². The minimum Gasteiger partial charge on any atom is -0.397 e. The molecule has 3 aromatic carbocycles. The average Bonchev–Trinajstić information content (AvgIpc) is 3.17. The lowest BCUT2D eigenvalue weighted by Crippen LogP contribution is -2.11. The minimum atomic E-state index is -0.307. The summed E-state index contributed by atoms with van der Waals surface area (Å²) in [7, 11) is 0. The third kappa shape index (κ3) is 3.72. The summed E-state index contributed by atoms with van der Waals surface area (Å²) >= 11 is 1.25. The van der Waals surface area contributed by atoms with Crippen LogP contribution in [0.1, 0.15) is 9.67 Å². The molecule has 0 unspecified atom stereocenters. The molecule has 6 heteroatoms. The Bertz CT molecular complexity index is 1410. The van der Waals surface area contributed by atoms with E-state index in [2.05, 4.69) is 5.32 Å². The number of nitrogen functional groups attached to an aromatic ring is 1. The number of aromatic nitrogens is 1. The van der Waals surface area contributed by atoms with Crippen LogP contribution in [-0.2, 0) is 0 Å². The lowest BCUT2D eigenvalue weighted by atomic mass is 9.99. The first-order valence-electron chi connectivity index (χ1n) is 10.0. The van der Waals surface area contributed by atoms with Gasteiger partial charge in [-0.2, -0.15) is 0 Å². The summed E-state index contributed by atoms with van der Waals surface area (Å²) in [5.41, 5.74) is 10.9. The number of benzene rings is 3. The zero-order chi connectivity index (χ0) is 22.1. The van der Waals surface area contributed by atoms with Gasteiger partial charge in [-0.25, -0.2) is 9.37 Å². The van der Waals surface area contributed by atoms with Gasteiger partial charge in [-0.3, -0.25) is 4.79 Å². The maximum atomic E-state index is 13.4. The van der Waals surface area contributed by atoms with Crippen LogP contribution in [-0.4, -0.2) is 10.9 Å². The number of carbonyl (C=O) groups is 1. The number of nitrogens with zero attached hydrogens (tertiary/aromatic N) is 1. The average molecular weight is 440 g/mol. The Balaban J connectivity index is 1.68. The van der Waals surface area contributed by atoms with E-state index in [1.807, 2.05) is 66.7 Å². The van der Waals surface area contributed by atoms with Crippen LogP contribution in [0.5, 0.6) is 0 Å². The van der Waals surface area contributed by atoms with Crippen LogP contribution >= 0.6 is 11.3 Å². The molecule has 156 valence electrons. The maximum Gasteiger partial charge on any atom is 0.267 e. The number of para-hydroxylation sites is 1. The van der Waals surface area contributed by atoms with Crippen molar-refractivity contribution in [1.82, 2.24) is 4.98 Å². The molecule has 0 aliphatic rings. The number of nitrogens with two attached hydrogens (primary N) is 1. The molecule has 0 aliphatic carbocycles. The molecule has 5 aromatic rings. The molecule has 1 amide bonds. The van der Waals surface area contributed by atoms with Crippen molar-refractivity contribution in [1.29, 1.82) is 0 Å². The number of thiophene rings is 1. The topological polar surface area (TPSA) is 68.0 Å². The molecule has 0 atom stereocenters. The number of carbonyl (C=O) groups excluding carboxylic acids is 1. The zero-order valence-corrected chi connectivity index (χ0v) is 17.7. The van der Waals surface area contributed by atoms with Gasteiger partial charge < -0.3 is 11.1 Å². The summed E-state index contributed by atoms with van der Waals surface area (Å²) < 4.78 is 13.4. The largest absolute Gasteiger partial charge is 0.397 e. The number of nitrogens with one attached hydrogen (secondary N) is 1. The number of rotatable bonds is 4. The Kier molecular flexibility index (Phi) is 5.13. The van der Waals surface area contributed by atoms with Crippen LogP contribution < -0.4 is 11.1 Å². The molecule has 2 aromatic heterocycles. The van der Waals surface area contributed by atoms with E-state index in [4.69, 9.17) is 10.7 Å². The summed E-state index contributed by atoms with van der Waals surface area (Å²) in [4.78, 5) is 18.8. The molecule has 0 saturated carbocycles. The van der Waals surface area contributed by atoms with Gasteiger partial charge in [-0.15, -0.1) is 11.3 Å². The summed E-state index contributed by atoms with van der Waals surface area (Å²) in [5.74, 6) is -0.586. The fourth-order valence-electron chi connectivity index (χ4n) is 3.61. The van der Waals surface area contributed by atoms with Crippen LogP contribution in [0.4, 0.5) is 15.8 Å². The van der Waals surface area contributed by atoms with Crippen LogP contribution in [0, 0.1) is 5.82 Å². The molecule has 32 heavy (non-hydrogen) atoms. The Labute approximate surface area is 188 Å². The van der Waals surface area contributed by atoms with Crippen molar-refractivity contribution in [2.75, 3.05) is 11.1 Å². The number of pyridine rings is 1. The van der Waals surface area contributed by atoms with Crippen molar-refractivity contribution < 1.29 is 9.18 Å². The smallest absolute Gasteiger partial charge is 0.267 e. The van der Waals surface area contributed by atoms with E-state index in [9.17, 15) is 9.18 Å². The van der Waals surface area contributed by atoms with Gasteiger partial charge >= 0.3 is 0 Å². The van der Waals surface area contributed by atoms with Crippen molar-refractivity contribution >= 4 is 38.8 Å². The number of hydrogen-bond donors (Lipinski definition) is 2. The van der Waals surface area contributed by atoms with Crippen LogP contribution in [0.3, 0.4) is 0 Å². The standard InChI is InChI=1S/C26H18FN3OS/c27-18-13-11-17(12-14-18)21-15-20(16-7-3-1-4-8-16)22-23(28)24(32-26(22)30-21)25(31)29-19-9-5-2-6-10-19/h1-15H,28H2,(H,29,31). The molecule has 0 radical (unpaired) electrons. The number of anilines is 2. The summed E-state index contributed by atoms with van der Waals surface area (Å²) in [6.07, 6.45) is 0. The molecule has 3 N–H and O–H groups in total. The van der Waals surface area contributed by atoms with Gasteiger partial charge in [0.1, 0.15) is 15.5 Å². The van der Waals surface area contributed by atoms with Crippen molar-refractivity contribution in [2.45, 2.75) is 0 Å². The summed E-state index contributed by atoms with van der Waals surface area (Å²) in [6.45, 7) is 0. The summed E-state index contributed by atoms with van der Waals surface area (Å²) in [6, 6.07) is 27.2. The monoisotopic (exact) mass is 439 g/mol. The summed E-state index contributed by atoms with van der Waals surface area (Å²) in [5, 5.41) is 3.63. The number of hydrogen-bond acceptors (Lipinski definition) is 4. The highest BCUT2D eigenvalue weighted by Gasteiger charge is 2.21. The fourth-order valence-corrected chi connectivity index (χ4v) is 4.63. The third-order valence-corrected chi connectivity index (χ3v) is 6.26. The predicted octanol–water partition coefficient (Wildman–Crippen LogP) is 6.60. The first-order valence-corrected chi connectivity index (χ1v) is 10.8. The lowest BCUT2D eigenvalue weighted by Gasteiger charge is -2.09. The van der Waals surface area contributed by atoms with E-state index < -0.39 is 0 Å². The third-order valence-electron chi connectivity index (χ3n) is 5.16. The van der Waals surface area contributed by atoms with Crippen LogP contribution in [0.2, 0.25) is 0 Å². The van der Waals surface area contributed by atoms with Gasteiger partial charge in [0.05, 0.1) is 11.4 Å². The first-order chi connectivity index (χ1) is 15.6. The van der Waals surface area contributed by atoms with Gasteiger partial charge in [-0.1, -0.05) is 48.5 Å². The fraction of sp³-hybridized carbons (Fsp3) is 0. The molecular formula is C26H18FN3OS. The van der Waals surface area contributed by atoms with Crippen molar-refractivity contribution in [3.8, 4) is 22.4 Å². The number of fused-ring (bicyclic) bond motifs is 1. The van der Waals surface area contributed by atoms with Gasteiger partial charge in [-0.05, 0) is 53.6 Å². The van der Waals surface area contributed by atoms with Crippen LogP contribution in [0.15, 0.2) is 91.0 Å². The zero-order valence-electron chi connectivity index (χ0n) is 16.9. The Hall–Kier alpha value is -4.03. The second kappa shape index (κ2) is 8.24. The van der Waals surface area contributed by atoms with E-state index in [0.29, 0.717) is 26.8 Å². The van der Waals surface area contributed by atoms with Crippen molar-refractivity contribution in [2.24, 2.45) is 0 Å². The molecule has 0 saturated heterocycles. The molecule has 0 fully saturated rings. The van der Waals surface area contributed by atoms with Crippen molar-refractivity contribution in [3.63, 3.8) is 0 Å². The molecular weight excluding hydrogens is 421 g/mol. The molecule has 2 heterocycles. The molecule has 5 rings (SSSR count). The maximum absolute atomic E-state index is 13.4. The predicted molar refractivity (Wildman–Crippen MR) is 129 cm³/mol. The van der Waals surface area contributed by atoms with Crippen LogP contribution in [0.25, 0.3) is 32.6 Å².